The van der Waals surface area contributed by atoms with Crippen molar-refractivity contribution in [2.45, 2.75) is 0 Å². The Labute approximate surface area is 171 Å². The molecule has 0 bridgehead atoms. The predicted molar refractivity (Wildman–Crippen MR) is 113 cm³/mol. The third-order valence-corrected chi connectivity index (χ3v) is 5.17. The fourth-order valence-electron chi connectivity index (χ4n) is 2.71. The van der Waals surface area contributed by atoms with Crippen LogP contribution in [0.1, 0.15) is 5.56 Å². The third-order valence-electron chi connectivity index (χ3n) is 4.08. The van der Waals surface area contributed by atoms with Gasteiger partial charge in [0.15, 0.2) is 5.57 Å². The van der Waals surface area contributed by atoms with Gasteiger partial charge in [0.2, 0.25) is 0 Å². The summed E-state index contributed by atoms with van der Waals surface area (Å²) in [7, 11) is 1.53. The first-order chi connectivity index (χ1) is 14.2. The van der Waals surface area contributed by atoms with E-state index in [2.05, 4.69) is 5.32 Å². The van der Waals surface area contributed by atoms with E-state index in [0.29, 0.717) is 21.5 Å². The van der Waals surface area contributed by atoms with Gasteiger partial charge in [0.1, 0.15) is 10.7 Å². The number of thiazole rings is 1. The van der Waals surface area contributed by atoms with Crippen molar-refractivity contribution >= 4 is 28.9 Å². The highest BCUT2D eigenvalue weighted by molar-refractivity contribution is 7.07. The van der Waals surface area contributed by atoms with Gasteiger partial charge in [0, 0.05) is 13.7 Å². The minimum atomic E-state index is -0.540. The number of aromatic nitrogens is 1. The molecule has 146 valence electrons. The van der Waals surface area contributed by atoms with E-state index in [1.54, 1.807) is 30.3 Å². The smallest absolute Gasteiger partial charge is 0.273 e. The van der Waals surface area contributed by atoms with Crippen molar-refractivity contribution in [3.63, 3.8) is 0 Å². The number of methoxy groups -OCH3 is 1. The van der Waals surface area contributed by atoms with Crippen LogP contribution in [0, 0.1) is 11.3 Å². The van der Waals surface area contributed by atoms with E-state index in [4.69, 9.17) is 4.74 Å². The molecule has 1 amide bonds. The van der Waals surface area contributed by atoms with Crippen molar-refractivity contribution in [1.82, 2.24) is 9.88 Å². The average Bonchev–Trinajstić information content (AvgIpc) is 3.06. The first-order valence-corrected chi connectivity index (χ1v) is 9.73. The van der Waals surface area contributed by atoms with Gasteiger partial charge < -0.3 is 10.1 Å². The number of ether oxygens (including phenoxy) is 1. The molecule has 0 aliphatic heterocycles. The van der Waals surface area contributed by atoms with Crippen LogP contribution in [0.3, 0.4) is 0 Å². The summed E-state index contributed by atoms with van der Waals surface area (Å²) < 4.78 is 7.07. The molecule has 0 unspecified atom stereocenters. The van der Waals surface area contributed by atoms with Crippen LogP contribution in [-0.2, 0) is 9.53 Å². The number of nitriles is 1. The van der Waals surface area contributed by atoms with Crippen molar-refractivity contribution in [1.29, 1.82) is 5.26 Å². The summed E-state index contributed by atoms with van der Waals surface area (Å²) in [6.07, 6.45) is 1.76. The Morgan fingerprint density at radius 2 is 1.83 bits per heavy atom. The summed E-state index contributed by atoms with van der Waals surface area (Å²) in [5.74, 6) is -0.540. The Bertz CT molecular complexity index is 1210. The lowest BCUT2D eigenvalue weighted by atomic mass is 10.2. The Balaban J connectivity index is 2.27. The van der Waals surface area contributed by atoms with Crippen LogP contribution < -0.4 is 20.1 Å². The second kappa shape index (κ2) is 9.64. The van der Waals surface area contributed by atoms with Crippen LogP contribution in [0.5, 0.6) is 0 Å². The largest absolute Gasteiger partial charge is 0.383 e. The molecule has 6 nitrogen and oxygen atoms in total. The molecule has 1 N–H and O–H groups in total. The molecule has 0 aliphatic carbocycles. The maximum absolute atomic E-state index is 13.2. The highest BCUT2D eigenvalue weighted by Crippen LogP contribution is 2.04. The van der Waals surface area contributed by atoms with Gasteiger partial charge in [0.25, 0.3) is 11.5 Å². The lowest BCUT2D eigenvalue weighted by molar-refractivity contribution is -0.115. The summed E-state index contributed by atoms with van der Waals surface area (Å²) in [6.45, 7) is 0.595. The maximum atomic E-state index is 13.2. The molecular formula is C22H19N3O3S. The molecule has 0 fully saturated rings. The summed E-state index contributed by atoms with van der Waals surface area (Å²) in [6, 6.07) is 20.4. The van der Waals surface area contributed by atoms with Crippen LogP contribution in [0.25, 0.3) is 17.3 Å². The molecule has 0 saturated heterocycles. The highest BCUT2D eigenvalue weighted by atomic mass is 32.1. The Morgan fingerprint density at radius 1 is 1.17 bits per heavy atom. The van der Waals surface area contributed by atoms with Crippen molar-refractivity contribution in [3.8, 4) is 11.8 Å². The van der Waals surface area contributed by atoms with Crippen LogP contribution in [0.2, 0.25) is 0 Å². The van der Waals surface area contributed by atoms with Gasteiger partial charge in [0.05, 0.1) is 16.8 Å². The number of nitrogens with one attached hydrogen (secondary N) is 1. The first kappa shape index (κ1) is 20.3. The number of amides is 1. The third kappa shape index (κ3) is 4.69. The van der Waals surface area contributed by atoms with Gasteiger partial charge >= 0.3 is 0 Å². The lowest BCUT2D eigenvalue weighted by Crippen LogP contribution is -2.34. The average molecular weight is 405 g/mol. The second-order valence-electron chi connectivity index (χ2n) is 6.04. The molecule has 0 aliphatic rings. The molecule has 3 aromatic rings. The van der Waals surface area contributed by atoms with Crippen molar-refractivity contribution in [2.24, 2.45) is 0 Å². The minimum Gasteiger partial charge on any atom is -0.383 e. The van der Waals surface area contributed by atoms with E-state index in [-0.39, 0.29) is 17.7 Å². The number of carbonyl (C=O) groups excluding carboxylic acids is 1. The normalized spacial score (nSPS) is 12.3. The maximum Gasteiger partial charge on any atom is 0.273 e. The molecule has 7 heteroatoms. The van der Waals surface area contributed by atoms with Crippen molar-refractivity contribution in [2.75, 3.05) is 20.3 Å². The van der Waals surface area contributed by atoms with Gasteiger partial charge in [-0.25, -0.2) is 0 Å². The highest BCUT2D eigenvalue weighted by Gasteiger charge is 2.16. The second-order valence-corrected chi connectivity index (χ2v) is 7.07. The molecule has 0 spiro atoms. The predicted octanol–water partition coefficient (Wildman–Crippen LogP) is 1.16. The first-order valence-electron chi connectivity index (χ1n) is 8.91. The van der Waals surface area contributed by atoms with Crippen LogP contribution in [-0.4, -0.2) is 30.7 Å². The fourth-order valence-corrected chi connectivity index (χ4v) is 3.81. The number of nitrogens with zero attached hydrogens (tertiary/aromatic N) is 2. The lowest BCUT2D eigenvalue weighted by Gasteiger charge is -2.05. The standard InChI is InChI=1S/C22H19N3O3S/c1-28-13-12-24-20(26)18(15-23)22-25(17-10-6-3-7-11-17)21(27)19(29-22)14-16-8-4-2-5-9-16/h2-11,14H,12-13H2,1H3,(H,24,26)/b19-14-,22-18-. The number of hydrogen-bond acceptors (Lipinski definition) is 5. The molecule has 29 heavy (non-hydrogen) atoms. The SMILES string of the molecule is COCCNC(=O)/C(C#N)=c1\s/c(=C\c2ccccc2)c(=O)n1-c1ccccc1. The summed E-state index contributed by atoms with van der Waals surface area (Å²) in [5, 5.41) is 12.3. The minimum absolute atomic E-state index is 0.111. The van der Waals surface area contributed by atoms with E-state index in [9.17, 15) is 14.9 Å². The monoisotopic (exact) mass is 405 g/mol. The Kier molecular flexibility index (Phi) is 6.74. The molecular weight excluding hydrogens is 386 g/mol. The van der Waals surface area contributed by atoms with E-state index < -0.39 is 5.91 Å². The van der Waals surface area contributed by atoms with Crippen LogP contribution in [0.15, 0.2) is 65.5 Å². The summed E-state index contributed by atoms with van der Waals surface area (Å²) >= 11 is 1.12. The van der Waals surface area contributed by atoms with Gasteiger partial charge in [-0.05, 0) is 23.8 Å². The quantitative estimate of drug-likeness (QED) is 0.624. The Morgan fingerprint density at radius 3 is 2.45 bits per heavy atom. The van der Waals surface area contributed by atoms with E-state index in [1.807, 2.05) is 42.5 Å². The molecule has 0 saturated carbocycles. The molecule has 3 rings (SSSR count). The zero-order valence-corrected chi connectivity index (χ0v) is 16.6. The van der Waals surface area contributed by atoms with E-state index >= 15 is 0 Å². The summed E-state index contributed by atoms with van der Waals surface area (Å²) in [4.78, 5) is 25.7. The summed E-state index contributed by atoms with van der Waals surface area (Å²) in [5.41, 5.74) is 1.06. The van der Waals surface area contributed by atoms with Gasteiger partial charge in [-0.1, -0.05) is 48.5 Å². The number of para-hydroxylation sites is 1. The molecule has 1 aromatic heterocycles. The Hall–Kier alpha value is -3.47. The zero-order chi connectivity index (χ0) is 20.6. The topological polar surface area (TPSA) is 84.1 Å². The van der Waals surface area contributed by atoms with Crippen LogP contribution in [0.4, 0.5) is 0 Å². The number of hydrogen-bond donors (Lipinski definition) is 1. The molecule has 0 atom stereocenters. The number of carbonyl (C=O) groups is 1. The van der Waals surface area contributed by atoms with E-state index in [0.717, 1.165) is 16.9 Å². The van der Waals surface area contributed by atoms with Crippen molar-refractivity contribution < 1.29 is 9.53 Å². The molecule has 2 aromatic carbocycles. The number of rotatable bonds is 6. The van der Waals surface area contributed by atoms with Gasteiger partial charge in [-0.15, -0.1) is 11.3 Å². The van der Waals surface area contributed by atoms with Crippen LogP contribution >= 0.6 is 11.3 Å². The number of benzene rings is 2. The fraction of sp³-hybridized carbons (Fsp3) is 0.136. The van der Waals surface area contributed by atoms with Gasteiger partial charge in [-0.3, -0.25) is 14.2 Å². The zero-order valence-electron chi connectivity index (χ0n) is 15.8. The molecule has 1 heterocycles. The van der Waals surface area contributed by atoms with Crippen molar-refractivity contribution in [3.05, 3.63) is 85.8 Å². The molecule has 0 radical (unpaired) electrons. The van der Waals surface area contributed by atoms with E-state index in [1.165, 1.54) is 11.7 Å². The van der Waals surface area contributed by atoms with Gasteiger partial charge in [-0.2, -0.15) is 5.26 Å².